The number of benzene rings is 3. The molecule has 0 aliphatic rings. The minimum atomic E-state index is -0.618. The largest absolute Gasteiger partial charge is 0.493 e. The minimum Gasteiger partial charge on any atom is -0.493 e. The summed E-state index contributed by atoms with van der Waals surface area (Å²) < 4.78 is 11.5. The molecule has 0 unspecified atom stereocenters. The molecule has 0 aromatic heterocycles. The van der Waals surface area contributed by atoms with Crippen LogP contribution in [0.3, 0.4) is 0 Å². The van der Waals surface area contributed by atoms with Crippen molar-refractivity contribution in [2.24, 2.45) is 5.41 Å². The molecule has 4 heteroatoms. The topological polar surface area (TPSA) is 59.3 Å². The van der Waals surface area contributed by atoms with Crippen LogP contribution >= 0.6 is 0 Å². The molecule has 3 rings (SSSR count). The molecule has 30 heavy (non-hydrogen) atoms. The van der Waals surface area contributed by atoms with Crippen LogP contribution in [0.4, 0.5) is 0 Å². The van der Waals surface area contributed by atoms with Gasteiger partial charge in [0.05, 0.1) is 12.7 Å². The van der Waals surface area contributed by atoms with Crippen LogP contribution in [0, 0.1) is 16.7 Å². The highest BCUT2D eigenvalue weighted by Crippen LogP contribution is 2.31. The fourth-order valence-corrected chi connectivity index (χ4v) is 3.19. The van der Waals surface area contributed by atoms with Gasteiger partial charge in [0.1, 0.15) is 12.7 Å². The number of fused-ring (bicyclic) bond motifs is 1. The average molecular weight is 399 g/mol. The average Bonchev–Trinajstić information content (AvgIpc) is 2.75. The summed E-state index contributed by atoms with van der Waals surface area (Å²) in [5.41, 5.74) is 1.29. The summed E-state index contributed by atoms with van der Waals surface area (Å²) in [7, 11) is 1.57. The van der Waals surface area contributed by atoms with Crippen molar-refractivity contribution in [1.82, 2.24) is 0 Å². The maximum atomic E-state index is 12.4. The van der Waals surface area contributed by atoms with Gasteiger partial charge in [-0.15, -0.1) is 0 Å². The number of carbonyl (C=O) groups is 1. The van der Waals surface area contributed by atoms with Crippen LogP contribution < -0.4 is 9.47 Å². The number of carbonyl (C=O) groups excluding carboxylic acids is 1. The van der Waals surface area contributed by atoms with Gasteiger partial charge >= 0.3 is 0 Å². The summed E-state index contributed by atoms with van der Waals surface area (Å²) >= 11 is 0. The molecule has 0 N–H and O–H groups in total. The Hall–Kier alpha value is -3.58. The van der Waals surface area contributed by atoms with Crippen molar-refractivity contribution in [2.45, 2.75) is 27.4 Å². The lowest BCUT2D eigenvalue weighted by molar-refractivity contribution is -0.121. The molecule has 0 bridgehead atoms. The predicted molar refractivity (Wildman–Crippen MR) is 119 cm³/mol. The van der Waals surface area contributed by atoms with Crippen molar-refractivity contribution in [2.75, 3.05) is 7.11 Å². The Bertz CT molecular complexity index is 1140. The molecule has 0 fully saturated rings. The molecular weight excluding hydrogens is 374 g/mol. The Balaban J connectivity index is 1.85. The summed E-state index contributed by atoms with van der Waals surface area (Å²) in [5.74, 6) is 0.952. The normalized spacial score (nSPS) is 11.8. The van der Waals surface area contributed by atoms with Crippen LogP contribution in [0.1, 0.15) is 31.9 Å². The van der Waals surface area contributed by atoms with Gasteiger partial charge in [0.15, 0.2) is 17.3 Å². The van der Waals surface area contributed by atoms with Crippen LogP contribution in [0.2, 0.25) is 0 Å². The summed E-state index contributed by atoms with van der Waals surface area (Å²) in [6.07, 6.45) is 1.59. The highest BCUT2D eigenvalue weighted by molar-refractivity contribution is 6.06. The molecular formula is C26H25NO3. The zero-order valence-electron chi connectivity index (χ0n) is 17.7. The first-order valence-corrected chi connectivity index (χ1v) is 9.77. The molecule has 3 aromatic carbocycles. The number of hydrogen-bond donors (Lipinski definition) is 0. The van der Waals surface area contributed by atoms with E-state index >= 15 is 0 Å². The first-order valence-electron chi connectivity index (χ1n) is 9.77. The Morgan fingerprint density at radius 2 is 1.77 bits per heavy atom. The predicted octanol–water partition coefficient (Wildman–Crippen LogP) is 5.95. The number of methoxy groups -OCH3 is 1. The monoisotopic (exact) mass is 399 g/mol. The number of nitriles is 1. The summed E-state index contributed by atoms with van der Waals surface area (Å²) in [5, 5.41) is 11.7. The molecule has 0 aliphatic carbocycles. The summed E-state index contributed by atoms with van der Waals surface area (Å²) in [6, 6.07) is 21.7. The van der Waals surface area contributed by atoms with E-state index in [2.05, 4.69) is 18.2 Å². The van der Waals surface area contributed by atoms with Crippen molar-refractivity contribution < 1.29 is 14.3 Å². The van der Waals surface area contributed by atoms with Crippen molar-refractivity contribution in [3.63, 3.8) is 0 Å². The van der Waals surface area contributed by atoms with Crippen LogP contribution in [0.25, 0.3) is 16.8 Å². The van der Waals surface area contributed by atoms with E-state index in [0.717, 1.165) is 10.9 Å². The zero-order valence-corrected chi connectivity index (χ0v) is 17.7. The van der Waals surface area contributed by atoms with Gasteiger partial charge in [-0.3, -0.25) is 4.79 Å². The lowest BCUT2D eigenvalue weighted by atomic mass is 9.86. The fraction of sp³-hybridized carbons (Fsp3) is 0.231. The Kier molecular flexibility index (Phi) is 6.23. The molecule has 0 spiro atoms. The van der Waals surface area contributed by atoms with Crippen molar-refractivity contribution in [1.29, 1.82) is 5.26 Å². The molecule has 0 heterocycles. The van der Waals surface area contributed by atoms with E-state index in [9.17, 15) is 10.1 Å². The highest BCUT2D eigenvalue weighted by Gasteiger charge is 2.25. The van der Waals surface area contributed by atoms with Crippen LogP contribution in [-0.4, -0.2) is 12.9 Å². The third kappa shape index (κ3) is 4.69. The molecule has 0 saturated heterocycles. The number of Topliss-reactive ketones (excluding diaryl/α,β-unsaturated/α-hetero) is 1. The number of rotatable bonds is 6. The third-order valence-corrected chi connectivity index (χ3v) is 4.81. The third-order valence-electron chi connectivity index (χ3n) is 4.81. The number of ether oxygens (including phenoxy) is 2. The standard InChI is InChI=1S/C26H25NO3/c1-26(2,3)25(28)21(16-27)14-18-12-13-23(24(15-18)29-4)30-17-20-10-7-9-19-8-5-6-11-22(19)20/h5-15H,17H2,1-4H3/b21-14+. The summed E-state index contributed by atoms with van der Waals surface area (Å²) in [6.45, 7) is 5.79. The maximum Gasteiger partial charge on any atom is 0.178 e. The van der Waals surface area contributed by atoms with Gasteiger partial charge in [0.2, 0.25) is 0 Å². The molecule has 3 aromatic rings. The van der Waals surface area contributed by atoms with Crippen LogP contribution in [0.5, 0.6) is 11.5 Å². The van der Waals surface area contributed by atoms with Crippen molar-refractivity contribution >= 4 is 22.6 Å². The molecule has 152 valence electrons. The molecule has 4 nitrogen and oxygen atoms in total. The Morgan fingerprint density at radius 1 is 1.03 bits per heavy atom. The van der Waals surface area contributed by atoms with Gasteiger partial charge in [-0.25, -0.2) is 0 Å². The Morgan fingerprint density at radius 3 is 2.47 bits per heavy atom. The Labute approximate surface area is 177 Å². The molecule has 0 amide bonds. The van der Waals surface area contributed by atoms with E-state index in [1.54, 1.807) is 46.1 Å². The number of allylic oxidation sites excluding steroid dienone is 1. The van der Waals surface area contributed by atoms with Gasteiger partial charge in [-0.05, 0) is 40.1 Å². The quantitative estimate of drug-likeness (QED) is 0.380. The van der Waals surface area contributed by atoms with E-state index in [-0.39, 0.29) is 11.4 Å². The van der Waals surface area contributed by atoms with Gasteiger partial charge in [0.25, 0.3) is 0 Å². The summed E-state index contributed by atoms with van der Waals surface area (Å²) in [4.78, 5) is 12.4. The van der Waals surface area contributed by atoms with Crippen molar-refractivity contribution in [3.8, 4) is 17.6 Å². The van der Waals surface area contributed by atoms with Gasteiger partial charge in [-0.2, -0.15) is 5.26 Å². The molecule has 0 aliphatic heterocycles. The molecule has 0 radical (unpaired) electrons. The maximum absolute atomic E-state index is 12.4. The SMILES string of the molecule is COc1cc(/C=C(\C#N)C(=O)C(C)(C)C)ccc1OCc1cccc2ccccc12. The minimum absolute atomic E-state index is 0.119. The van der Waals surface area contributed by atoms with E-state index in [1.165, 1.54) is 5.39 Å². The lowest BCUT2D eigenvalue weighted by Crippen LogP contribution is -2.21. The lowest BCUT2D eigenvalue weighted by Gasteiger charge is -2.16. The van der Waals surface area contributed by atoms with E-state index in [4.69, 9.17) is 9.47 Å². The van der Waals surface area contributed by atoms with E-state index < -0.39 is 5.41 Å². The fourth-order valence-electron chi connectivity index (χ4n) is 3.19. The van der Waals surface area contributed by atoms with Crippen LogP contribution in [-0.2, 0) is 11.4 Å². The van der Waals surface area contributed by atoms with Gasteiger partial charge in [-0.1, -0.05) is 69.3 Å². The first kappa shape index (κ1) is 21.1. The number of nitrogens with zero attached hydrogens (tertiary/aromatic N) is 1. The van der Waals surface area contributed by atoms with E-state index in [1.807, 2.05) is 36.4 Å². The van der Waals surface area contributed by atoms with Crippen LogP contribution in [0.15, 0.2) is 66.2 Å². The highest BCUT2D eigenvalue weighted by atomic mass is 16.5. The van der Waals surface area contributed by atoms with Crippen molar-refractivity contribution in [3.05, 3.63) is 77.4 Å². The second-order valence-corrected chi connectivity index (χ2v) is 8.09. The first-order chi connectivity index (χ1) is 14.3. The van der Waals surface area contributed by atoms with E-state index in [0.29, 0.717) is 23.7 Å². The molecule has 0 atom stereocenters. The smallest absolute Gasteiger partial charge is 0.178 e. The second-order valence-electron chi connectivity index (χ2n) is 8.09. The number of hydrogen-bond acceptors (Lipinski definition) is 4. The van der Waals surface area contributed by atoms with Gasteiger partial charge in [0, 0.05) is 5.41 Å². The van der Waals surface area contributed by atoms with Gasteiger partial charge < -0.3 is 9.47 Å². The number of ketones is 1. The zero-order chi connectivity index (χ0) is 21.7. The second kappa shape index (κ2) is 8.84. The molecule has 0 saturated carbocycles.